The molecule has 1 N–H and O–H groups in total. The minimum atomic E-state index is -0.366. The quantitative estimate of drug-likeness (QED) is 0.859. The van der Waals surface area contributed by atoms with Gasteiger partial charge < -0.3 is 9.84 Å². The zero-order valence-corrected chi connectivity index (χ0v) is 12.7. The van der Waals surface area contributed by atoms with Crippen molar-refractivity contribution in [2.24, 2.45) is 11.8 Å². The Balaban J connectivity index is 2.02. The Hall–Kier alpha value is -1.53. The summed E-state index contributed by atoms with van der Waals surface area (Å²) >= 11 is 0. The van der Waals surface area contributed by atoms with Crippen LogP contribution in [0.2, 0.25) is 0 Å². The number of ether oxygens (including phenoxy) is 1. The van der Waals surface area contributed by atoms with Gasteiger partial charge in [0.1, 0.15) is 11.6 Å². The molecule has 1 aromatic rings. The van der Waals surface area contributed by atoms with Crippen LogP contribution in [0.4, 0.5) is 4.39 Å². The van der Waals surface area contributed by atoms with E-state index in [0.29, 0.717) is 29.6 Å². The van der Waals surface area contributed by atoms with Crippen LogP contribution in [0.25, 0.3) is 0 Å². The van der Waals surface area contributed by atoms with E-state index in [9.17, 15) is 4.39 Å². The van der Waals surface area contributed by atoms with Crippen LogP contribution in [0.15, 0.2) is 18.2 Å². The van der Waals surface area contributed by atoms with Crippen LogP contribution in [-0.4, -0.2) is 17.8 Å². The standard InChI is InChI=1S/C18H23FO2/c1-13-9-14(2)11-17(10-13)21-16-7-6-15(18(19)12-16)5-3-4-8-20/h6-7,12-14,17,20H,4,8-11H2,1-2H3. The zero-order chi connectivity index (χ0) is 15.2. The molecule has 2 unspecified atom stereocenters. The normalized spacial score (nSPS) is 25.0. The molecular weight excluding hydrogens is 267 g/mol. The van der Waals surface area contributed by atoms with Crippen LogP contribution in [0, 0.1) is 29.5 Å². The highest BCUT2D eigenvalue weighted by atomic mass is 19.1. The van der Waals surface area contributed by atoms with Crippen molar-refractivity contribution in [1.82, 2.24) is 0 Å². The lowest BCUT2D eigenvalue weighted by molar-refractivity contribution is 0.101. The molecule has 1 aliphatic rings. The van der Waals surface area contributed by atoms with Gasteiger partial charge in [0.05, 0.1) is 18.3 Å². The second-order valence-electron chi connectivity index (χ2n) is 6.07. The van der Waals surface area contributed by atoms with Gasteiger partial charge in [-0.05, 0) is 43.2 Å². The number of hydrogen-bond donors (Lipinski definition) is 1. The van der Waals surface area contributed by atoms with E-state index in [1.807, 2.05) is 0 Å². The van der Waals surface area contributed by atoms with Crippen molar-refractivity contribution >= 4 is 0 Å². The van der Waals surface area contributed by atoms with Gasteiger partial charge in [0, 0.05) is 12.5 Å². The molecule has 0 amide bonds. The summed E-state index contributed by atoms with van der Waals surface area (Å²) in [7, 11) is 0. The number of hydrogen-bond acceptors (Lipinski definition) is 2. The fourth-order valence-electron chi connectivity index (χ4n) is 3.05. The summed E-state index contributed by atoms with van der Waals surface area (Å²) in [5.74, 6) is 6.97. The largest absolute Gasteiger partial charge is 0.490 e. The molecule has 3 heteroatoms. The molecule has 0 heterocycles. The number of aliphatic hydroxyl groups excluding tert-OH is 1. The highest BCUT2D eigenvalue weighted by Crippen LogP contribution is 2.31. The van der Waals surface area contributed by atoms with Crippen molar-refractivity contribution in [1.29, 1.82) is 0 Å². The summed E-state index contributed by atoms with van der Waals surface area (Å²) in [4.78, 5) is 0. The average Bonchev–Trinajstić information content (AvgIpc) is 2.40. The van der Waals surface area contributed by atoms with Gasteiger partial charge in [-0.3, -0.25) is 0 Å². The summed E-state index contributed by atoms with van der Waals surface area (Å²) in [5, 5.41) is 8.67. The van der Waals surface area contributed by atoms with Crippen LogP contribution in [0.3, 0.4) is 0 Å². The van der Waals surface area contributed by atoms with E-state index in [4.69, 9.17) is 9.84 Å². The summed E-state index contributed by atoms with van der Waals surface area (Å²) in [5.41, 5.74) is 0.348. The topological polar surface area (TPSA) is 29.5 Å². The van der Waals surface area contributed by atoms with E-state index < -0.39 is 0 Å². The van der Waals surface area contributed by atoms with Crippen molar-refractivity contribution < 1.29 is 14.2 Å². The maximum absolute atomic E-state index is 13.9. The molecule has 1 saturated carbocycles. The Morgan fingerprint density at radius 3 is 2.57 bits per heavy atom. The van der Waals surface area contributed by atoms with Crippen LogP contribution in [0.5, 0.6) is 5.75 Å². The third-order valence-corrected chi connectivity index (χ3v) is 3.84. The van der Waals surface area contributed by atoms with Gasteiger partial charge in [-0.1, -0.05) is 25.7 Å². The molecular formula is C18H23FO2. The summed E-state index contributed by atoms with van der Waals surface area (Å²) in [6.07, 6.45) is 3.84. The van der Waals surface area contributed by atoms with Gasteiger partial charge in [-0.15, -0.1) is 0 Å². The van der Waals surface area contributed by atoms with Gasteiger partial charge in [0.15, 0.2) is 0 Å². The monoisotopic (exact) mass is 290 g/mol. The number of rotatable bonds is 3. The van der Waals surface area contributed by atoms with Gasteiger partial charge in [-0.2, -0.15) is 0 Å². The van der Waals surface area contributed by atoms with Crippen molar-refractivity contribution in [3.8, 4) is 17.6 Å². The lowest BCUT2D eigenvalue weighted by atomic mass is 9.82. The minimum absolute atomic E-state index is 0.00609. The molecule has 0 aromatic heterocycles. The number of aliphatic hydroxyl groups is 1. The van der Waals surface area contributed by atoms with E-state index in [0.717, 1.165) is 12.8 Å². The van der Waals surface area contributed by atoms with Crippen LogP contribution >= 0.6 is 0 Å². The molecule has 1 aliphatic carbocycles. The third-order valence-electron chi connectivity index (χ3n) is 3.84. The fraction of sp³-hybridized carbons (Fsp3) is 0.556. The maximum Gasteiger partial charge on any atom is 0.142 e. The van der Waals surface area contributed by atoms with E-state index in [2.05, 4.69) is 25.7 Å². The lowest BCUT2D eigenvalue weighted by Gasteiger charge is -2.31. The van der Waals surface area contributed by atoms with Crippen molar-refractivity contribution in [2.75, 3.05) is 6.61 Å². The lowest BCUT2D eigenvalue weighted by Crippen LogP contribution is -2.28. The van der Waals surface area contributed by atoms with Gasteiger partial charge in [0.2, 0.25) is 0 Å². The smallest absolute Gasteiger partial charge is 0.142 e. The van der Waals surface area contributed by atoms with E-state index in [1.54, 1.807) is 12.1 Å². The molecule has 2 rings (SSSR count). The molecule has 114 valence electrons. The molecule has 1 aromatic carbocycles. The molecule has 2 atom stereocenters. The Morgan fingerprint density at radius 2 is 1.95 bits per heavy atom. The first-order valence-electron chi connectivity index (χ1n) is 7.64. The minimum Gasteiger partial charge on any atom is -0.490 e. The first-order valence-corrected chi connectivity index (χ1v) is 7.64. The average molecular weight is 290 g/mol. The molecule has 0 spiro atoms. The second-order valence-corrected chi connectivity index (χ2v) is 6.07. The van der Waals surface area contributed by atoms with E-state index >= 15 is 0 Å². The first-order chi connectivity index (χ1) is 10.1. The Kier molecular flexibility index (Phi) is 5.64. The van der Waals surface area contributed by atoms with Gasteiger partial charge in [-0.25, -0.2) is 4.39 Å². The molecule has 0 bridgehead atoms. The van der Waals surface area contributed by atoms with E-state index in [-0.39, 0.29) is 18.5 Å². The van der Waals surface area contributed by atoms with Crippen molar-refractivity contribution in [3.05, 3.63) is 29.6 Å². The number of benzene rings is 1. The van der Waals surface area contributed by atoms with E-state index in [1.165, 1.54) is 12.5 Å². The molecule has 0 aliphatic heterocycles. The zero-order valence-electron chi connectivity index (χ0n) is 12.7. The number of halogens is 1. The fourth-order valence-corrected chi connectivity index (χ4v) is 3.05. The maximum atomic E-state index is 13.9. The summed E-state index contributed by atoms with van der Waals surface area (Å²) in [6, 6.07) is 4.83. The Labute approximate surface area is 126 Å². The van der Waals surface area contributed by atoms with Crippen molar-refractivity contribution in [2.45, 2.75) is 45.6 Å². The predicted molar refractivity (Wildman–Crippen MR) is 81.6 cm³/mol. The summed E-state index contributed by atoms with van der Waals surface area (Å²) in [6.45, 7) is 4.48. The molecule has 1 fully saturated rings. The van der Waals surface area contributed by atoms with Crippen LogP contribution in [-0.2, 0) is 0 Å². The molecule has 0 saturated heterocycles. The SMILES string of the molecule is CC1CC(C)CC(Oc2ccc(C#CCCO)c(F)c2)C1. The third kappa shape index (κ3) is 4.75. The Bertz CT molecular complexity index is 520. The highest BCUT2D eigenvalue weighted by molar-refractivity contribution is 5.39. The van der Waals surface area contributed by atoms with Gasteiger partial charge >= 0.3 is 0 Å². The summed E-state index contributed by atoms with van der Waals surface area (Å²) < 4.78 is 19.9. The first kappa shape index (κ1) is 15.9. The van der Waals surface area contributed by atoms with Crippen LogP contribution < -0.4 is 4.74 Å². The molecule has 0 radical (unpaired) electrons. The Morgan fingerprint density at radius 1 is 1.24 bits per heavy atom. The van der Waals surface area contributed by atoms with Crippen molar-refractivity contribution in [3.63, 3.8) is 0 Å². The molecule has 2 nitrogen and oxygen atoms in total. The van der Waals surface area contributed by atoms with Gasteiger partial charge in [0.25, 0.3) is 0 Å². The second kappa shape index (κ2) is 7.47. The highest BCUT2D eigenvalue weighted by Gasteiger charge is 2.25. The van der Waals surface area contributed by atoms with Crippen LogP contribution in [0.1, 0.15) is 45.1 Å². The molecule has 21 heavy (non-hydrogen) atoms. The predicted octanol–water partition coefficient (Wildman–Crippen LogP) is 3.76.